The molecule has 0 aliphatic carbocycles. The van der Waals surface area contributed by atoms with Crippen LogP contribution in [0, 0.1) is 0 Å². The minimum atomic E-state index is -3.62. The number of hydrogen-bond donors (Lipinski definition) is 3. The van der Waals surface area contributed by atoms with E-state index in [0.717, 1.165) is 6.42 Å². The van der Waals surface area contributed by atoms with Crippen LogP contribution in [-0.4, -0.2) is 42.5 Å². The largest absolute Gasteiger partial charge is 0.481 e. The molecule has 0 heterocycles. The Kier molecular flexibility index (Phi) is 5.91. The third-order valence-electron chi connectivity index (χ3n) is 2.05. The first-order valence-corrected chi connectivity index (χ1v) is 6.75. The average Bonchev–Trinajstić information content (AvgIpc) is 2.13. The van der Waals surface area contributed by atoms with Gasteiger partial charge in [-0.25, -0.2) is 13.1 Å². The van der Waals surface area contributed by atoms with Crippen LogP contribution in [0.3, 0.4) is 0 Å². The zero-order valence-corrected chi connectivity index (χ0v) is 10.4. The Balaban J connectivity index is 4.13. The summed E-state index contributed by atoms with van der Waals surface area (Å²) in [6, 6.07) is 0. The van der Waals surface area contributed by atoms with E-state index in [0.29, 0.717) is 6.42 Å². The smallest absolute Gasteiger partial charge is 0.304 e. The molecule has 7 heteroatoms. The number of aliphatic hydroxyl groups is 1. The molecule has 1 unspecified atom stereocenters. The maximum atomic E-state index is 11.3. The zero-order chi connectivity index (χ0) is 12.8. The summed E-state index contributed by atoms with van der Waals surface area (Å²) in [5.41, 5.74) is -1.09. The molecular formula is C9H19NO5S. The SMILES string of the molecule is CCCC(C)(O)CNS(=O)(=O)CCC(=O)O. The van der Waals surface area contributed by atoms with E-state index in [1.165, 1.54) is 6.92 Å². The highest BCUT2D eigenvalue weighted by Crippen LogP contribution is 2.10. The second kappa shape index (κ2) is 6.17. The van der Waals surface area contributed by atoms with Crippen LogP contribution in [0.1, 0.15) is 33.1 Å². The fourth-order valence-electron chi connectivity index (χ4n) is 1.19. The van der Waals surface area contributed by atoms with Gasteiger partial charge in [0.1, 0.15) is 0 Å². The molecule has 0 aromatic rings. The molecule has 6 nitrogen and oxygen atoms in total. The molecule has 1 atom stereocenters. The molecule has 0 rings (SSSR count). The summed E-state index contributed by atoms with van der Waals surface area (Å²) in [7, 11) is -3.62. The van der Waals surface area contributed by atoms with Crippen molar-refractivity contribution in [2.75, 3.05) is 12.3 Å². The number of nitrogens with one attached hydrogen (secondary N) is 1. The number of carboxylic acid groups (broad SMARTS) is 1. The molecule has 0 saturated carbocycles. The van der Waals surface area contributed by atoms with Crippen molar-refractivity contribution in [2.45, 2.75) is 38.7 Å². The number of carbonyl (C=O) groups is 1. The van der Waals surface area contributed by atoms with Crippen LogP contribution in [-0.2, 0) is 14.8 Å². The van der Waals surface area contributed by atoms with E-state index < -0.39 is 33.8 Å². The minimum absolute atomic E-state index is 0.0945. The lowest BCUT2D eigenvalue weighted by Gasteiger charge is -2.22. The molecule has 0 aromatic heterocycles. The topological polar surface area (TPSA) is 104 Å². The van der Waals surface area contributed by atoms with Gasteiger partial charge in [0.05, 0.1) is 17.8 Å². The Morgan fingerprint density at radius 1 is 1.44 bits per heavy atom. The van der Waals surface area contributed by atoms with Crippen LogP contribution >= 0.6 is 0 Å². The summed E-state index contributed by atoms with van der Waals surface area (Å²) in [6.07, 6.45) is 0.781. The van der Waals surface area contributed by atoms with E-state index in [4.69, 9.17) is 5.11 Å². The predicted molar refractivity (Wildman–Crippen MR) is 59.6 cm³/mol. The van der Waals surface area contributed by atoms with Crippen molar-refractivity contribution in [1.82, 2.24) is 4.72 Å². The first-order valence-electron chi connectivity index (χ1n) is 5.10. The molecule has 16 heavy (non-hydrogen) atoms. The van der Waals surface area contributed by atoms with E-state index in [9.17, 15) is 18.3 Å². The molecule has 0 fully saturated rings. The highest BCUT2D eigenvalue weighted by atomic mass is 32.2. The zero-order valence-electron chi connectivity index (χ0n) is 9.56. The monoisotopic (exact) mass is 253 g/mol. The Hall–Kier alpha value is -0.660. The van der Waals surface area contributed by atoms with Crippen molar-refractivity contribution in [3.05, 3.63) is 0 Å². The highest BCUT2D eigenvalue weighted by molar-refractivity contribution is 7.89. The van der Waals surface area contributed by atoms with E-state index in [1.807, 2.05) is 6.92 Å². The van der Waals surface area contributed by atoms with Gasteiger partial charge in [-0.1, -0.05) is 13.3 Å². The van der Waals surface area contributed by atoms with Gasteiger partial charge in [-0.05, 0) is 13.3 Å². The van der Waals surface area contributed by atoms with Crippen LogP contribution in [0.2, 0.25) is 0 Å². The number of sulfonamides is 1. The van der Waals surface area contributed by atoms with Gasteiger partial charge in [-0.3, -0.25) is 4.79 Å². The summed E-state index contributed by atoms with van der Waals surface area (Å²) in [5, 5.41) is 18.1. The normalized spacial score (nSPS) is 15.7. The predicted octanol–water partition coefficient (Wildman–Crippen LogP) is -0.0684. The van der Waals surface area contributed by atoms with Crippen molar-refractivity contribution >= 4 is 16.0 Å². The van der Waals surface area contributed by atoms with Gasteiger partial charge in [0, 0.05) is 6.54 Å². The van der Waals surface area contributed by atoms with Gasteiger partial charge in [0.2, 0.25) is 10.0 Å². The van der Waals surface area contributed by atoms with Gasteiger partial charge >= 0.3 is 5.97 Å². The van der Waals surface area contributed by atoms with Crippen molar-refractivity contribution < 1.29 is 23.4 Å². The van der Waals surface area contributed by atoms with Crippen molar-refractivity contribution in [1.29, 1.82) is 0 Å². The van der Waals surface area contributed by atoms with Crippen LogP contribution in [0.4, 0.5) is 0 Å². The van der Waals surface area contributed by atoms with Gasteiger partial charge in [-0.15, -0.1) is 0 Å². The minimum Gasteiger partial charge on any atom is -0.481 e. The summed E-state index contributed by atoms with van der Waals surface area (Å²) < 4.78 is 24.8. The third kappa shape index (κ3) is 7.61. The number of hydrogen-bond acceptors (Lipinski definition) is 4. The second-order valence-electron chi connectivity index (χ2n) is 4.03. The van der Waals surface area contributed by atoms with E-state index in [1.54, 1.807) is 0 Å². The second-order valence-corrected chi connectivity index (χ2v) is 5.96. The fourth-order valence-corrected chi connectivity index (χ4v) is 2.30. The Bertz CT molecular complexity index is 323. The quantitative estimate of drug-likeness (QED) is 0.562. The molecule has 0 bridgehead atoms. The van der Waals surface area contributed by atoms with E-state index >= 15 is 0 Å². The van der Waals surface area contributed by atoms with Crippen molar-refractivity contribution in [3.8, 4) is 0 Å². The first-order chi connectivity index (χ1) is 7.18. The highest BCUT2D eigenvalue weighted by Gasteiger charge is 2.22. The van der Waals surface area contributed by atoms with Gasteiger partial charge in [0.15, 0.2) is 0 Å². The Labute approximate surface area is 95.7 Å². The number of aliphatic carboxylic acids is 1. The lowest BCUT2D eigenvalue weighted by molar-refractivity contribution is -0.136. The van der Waals surface area contributed by atoms with Gasteiger partial charge in [-0.2, -0.15) is 0 Å². The van der Waals surface area contributed by atoms with Crippen molar-refractivity contribution in [3.63, 3.8) is 0 Å². The molecular weight excluding hydrogens is 234 g/mol. The number of carboxylic acids is 1. The molecule has 0 saturated heterocycles. The summed E-state index contributed by atoms with van der Waals surface area (Å²) >= 11 is 0. The summed E-state index contributed by atoms with van der Waals surface area (Å²) in [4.78, 5) is 10.2. The first kappa shape index (κ1) is 15.3. The molecule has 0 aromatic carbocycles. The van der Waals surface area contributed by atoms with Crippen LogP contribution < -0.4 is 4.72 Å². The van der Waals surface area contributed by atoms with Crippen LogP contribution in [0.25, 0.3) is 0 Å². The summed E-state index contributed by atoms with van der Waals surface area (Å²) in [6.45, 7) is 3.33. The average molecular weight is 253 g/mol. The Morgan fingerprint density at radius 3 is 2.44 bits per heavy atom. The lowest BCUT2D eigenvalue weighted by atomic mass is 10.0. The maximum absolute atomic E-state index is 11.3. The van der Waals surface area contributed by atoms with Crippen LogP contribution in [0.15, 0.2) is 0 Å². The molecule has 96 valence electrons. The van der Waals surface area contributed by atoms with Gasteiger partial charge < -0.3 is 10.2 Å². The van der Waals surface area contributed by atoms with Crippen LogP contribution in [0.5, 0.6) is 0 Å². The molecule has 3 N–H and O–H groups in total. The molecule has 0 radical (unpaired) electrons. The van der Waals surface area contributed by atoms with Crippen molar-refractivity contribution in [2.24, 2.45) is 0 Å². The molecule has 0 spiro atoms. The van der Waals surface area contributed by atoms with E-state index in [-0.39, 0.29) is 6.54 Å². The third-order valence-corrected chi connectivity index (χ3v) is 3.37. The van der Waals surface area contributed by atoms with E-state index in [2.05, 4.69) is 4.72 Å². The summed E-state index contributed by atoms with van der Waals surface area (Å²) in [5.74, 6) is -1.63. The Morgan fingerprint density at radius 2 is 2.00 bits per heavy atom. The number of rotatable bonds is 8. The molecule has 0 aliphatic heterocycles. The fraction of sp³-hybridized carbons (Fsp3) is 0.889. The lowest BCUT2D eigenvalue weighted by Crippen LogP contribution is -2.41. The maximum Gasteiger partial charge on any atom is 0.304 e. The molecule has 0 aliphatic rings. The molecule has 0 amide bonds. The standard InChI is InChI=1S/C9H19NO5S/c1-3-5-9(2,13)7-10-16(14,15)6-4-8(11)12/h10,13H,3-7H2,1-2H3,(H,11,12). The van der Waals surface area contributed by atoms with Gasteiger partial charge in [0.25, 0.3) is 0 Å².